The van der Waals surface area contributed by atoms with Crippen LogP contribution in [0.4, 0.5) is 0 Å². The molecule has 1 aliphatic rings. The van der Waals surface area contributed by atoms with Crippen LogP contribution < -0.4 is 0 Å². The average molecular weight is 215 g/mol. The summed E-state index contributed by atoms with van der Waals surface area (Å²) in [6.07, 6.45) is 2.71. The maximum atomic E-state index is 10.2. The zero-order valence-corrected chi connectivity index (χ0v) is 10.3. The molecule has 2 atom stereocenters. The predicted octanol–water partition coefficient (Wildman–Crippen LogP) is 1.65. The van der Waals surface area contributed by atoms with Crippen molar-refractivity contribution in [3.05, 3.63) is 0 Å². The van der Waals surface area contributed by atoms with Crippen LogP contribution in [0.25, 0.3) is 0 Å². The van der Waals surface area contributed by atoms with Gasteiger partial charge in [-0.25, -0.2) is 0 Å². The fourth-order valence-corrected chi connectivity index (χ4v) is 2.33. The molecule has 3 heteroatoms. The van der Waals surface area contributed by atoms with Crippen molar-refractivity contribution < 1.29 is 9.84 Å². The van der Waals surface area contributed by atoms with Crippen LogP contribution in [0.1, 0.15) is 40.0 Å². The highest BCUT2D eigenvalue weighted by Gasteiger charge is 2.37. The van der Waals surface area contributed by atoms with Crippen LogP contribution in [0.15, 0.2) is 0 Å². The minimum atomic E-state index is -0.217. The van der Waals surface area contributed by atoms with E-state index in [0.717, 1.165) is 45.6 Å². The van der Waals surface area contributed by atoms with Crippen LogP contribution in [0.2, 0.25) is 0 Å². The maximum Gasteiger partial charge on any atom is 0.0721 e. The normalized spacial score (nSPS) is 24.8. The molecule has 0 saturated carbocycles. The van der Waals surface area contributed by atoms with Crippen molar-refractivity contribution in [2.24, 2.45) is 0 Å². The van der Waals surface area contributed by atoms with Crippen molar-refractivity contribution in [3.63, 3.8) is 0 Å². The molecule has 1 heterocycles. The Kier molecular flexibility index (Phi) is 5.03. The Morgan fingerprint density at radius 1 is 1.33 bits per heavy atom. The van der Waals surface area contributed by atoms with E-state index in [9.17, 15) is 5.11 Å². The molecule has 0 aromatic carbocycles. The number of nitrogens with zero attached hydrogens (tertiary/aromatic N) is 1. The second-order valence-electron chi connectivity index (χ2n) is 4.61. The molecule has 1 saturated heterocycles. The fourth-order valence-electron chi connectivity index (χ4n) is 2.33. The summed E-state index contributed by atoms with van der Waals surface area (Å²) < 4.78 is 5.36. The van der Waals surface area contributed by atoms with Gasteiger partial charge >= 0.3 is 0 Å². The van der Waals surface area contributed by atoms with Gasteiger partial charge in [-0.05, 0) is 19.8 Å². The molecule has 0 aromatic rings. The van der Waals surface area contributed by atoms with E-state index in [1.807, 2.05) is 0 Å². The highest BCUT2D eigenvalue weighted by atomic mass is 16.5. The number of aliphatic hydroxyl groups is 1. The Morgan fingerprint density at radius 3 is 2.40 bits per heavy atom. The topological polar surface area (TPSA) is 32.7 Å². The maximum absolute atomic E-state index is 10.2. The summed E-state index contributed by atoms with van der Waals surface area (Å²) >= 11 is 0. The number of aliphatic hydroxyl groups excluding tert-OH is 1. The molecule has 1 fully saturated rings. The van der Waals surface area contributed by atoms with Gasteiger partial charge in [-0.2, -0.15) is 0 Å². The summed E-state index contributed by atoms with van der Waals surface area (Å²) in [5.74, 6) is 0. The third-order valence-electron chi connectivity index (χ3n) is 3.73. The third kappa shape index (κ3) is 2.92. The van der Waals surface area contributed by atoms with Gasteiger partial charge in [0.05, 0.1) is 19.3 Å². The van der Waals surface area contributed by atoms with Crippen LogP contribution in [-0.2, 0) is 4.74 Å². The Hall–Kier alpha value is -0.120. The highest BCUT2D eigenvalue weighted by Crippen LogP contribution is 2.27. The Balaban J connectivity index is 2.63. The summed E-state index contributed by atoms with van der Waals surface area (Å²) in [5.41, 5.74) is -0.0697. The van der Waals surface area contributed by atoms with Gasteiger partial charge < -0.3 is 9.84 Å². The van der Waals surface area contributed by atoms with Crippen molar-refractivity contribution in [3.8, 4) is 0 Å². The lowest BCUT2D eigenvalue weighted by Crippen LogP contribution is -2.57. The molecule has 1 N–H and O–H groups in total. The molecule has 0 aromatic heterocycles. The lowest BCUT2D eigenvalue weighted by atomic mass is 9.86. The highest BCUT2D eigenvalue weighted by molar-refractivity contribution is 4.92. The van der Waals surface area contributed by atoms with Crippen LogP contribution >= 0.6 is 0 Å². The van der Waals surface area contributed by atoms with E-state index < -0.39 is 0 Å². The number of rotatable bonds is 5. The van der Waals surface area contributed by atoms with Crippen LogP contribution in [0.3, 0.4) is 0 Å². The quantitative estimate of drug-likeness (QED) is 0.757. The molecule has 90 valence electrons. The van der Waals surface area contributed by atoms with E-state index in [1.54, 1.807) is 0 Å². The van der Waals surface area contributed by atoms with Gasteiger partial charge in [0.1, 0.15) is 0 Å². The first kappa shape index (κ1) is 12.9. The number of hydrogen-bond donors (Lipinski definition) is 1. The molecule has 0 bridgehead atoms. The van der Waals surface area contributed by atoms with Crippen LogP contribution in [-0.4, -0.2) is 48.0 Å². The molecule has 0 radical (unpaired) electrons. The Morgan fingerprint density at radius 2 is 1.93 bits per heavy atom. The smallest absolute Gasteiger partial charge is 0.0721 e. The Labute approximate surface area is 93.4 Å². The standard InChI is InChI=1S/C12H25NO2/c1-4-6-11(14)12(3,5-2)13-7-9-15-10-8-13/h11,14H,4-10H2,1-3H3. The summed E-state index contributed by atoms with van der Waals surface area (Å²) in [7, 11) is 0. The number of hydrogen-bond acceptors (Lipinski definition) is 3. The van der Waals surface area contributed by atoms with E-state index in [4.69, 9.17) is 4.74 Å². The van der Waals surface area contributed by atoms with E-state index in [2.05, 4.69) is 25.7 Å². The lowest BCUT2D eigenvalue weighted by molar-refractivity contribution is -0.0740. The van der Waals surface area contributed by atoms with Crippen molar-refractivity contribution in [1.29, 1.82) is 0 Å². The Bertz CT molecular complexity index is 180. The van der Waals surface area contributed by atoms with E-state index in [-0.39, 0.29) is 11.6 Å². The van der Waals surface area contributed by atoms with Gasteiger partial charge in [0.15, 0.2) is 0 Å². The fraction of sp³-hybridized carbons (Fsp3) is 1.00. The van der Waals surface area contributed by atoms with Gasteiger partial charge in [-0.15, -0.1) is 0 Å². The first-order valence-electron chi connectivity index (χ1n) is 6.16. The third-order valence-corrected chi connectivity index (χ3v) is 3.73. The van der Waals surface area contributed by atoms with E-state index in [1.165, 1.54) is 0 Å². The molecule has 15 heavy (non-hydrogen) atoms. The summed E-state index contributed by atoms with van der Waals surface area (Å²) in [4.78, 5) is 2.39. The summed E-state index contributed by atoms with van der Waals surface area (Å²) in [5, 5.41) is 10.2. The second kappa shape index (κ2) is 5.83. The van der Waals surface area contributed by atoms with Gasteiger partial charge in [0, 0.05) is 18.6 Å². The van der Waals surface area contributed by atoms with Gasteiger partial charge in [-0.1, -0.05) is 20.3 Å². The summed E-state index contributed by atoms with van der Waals surface area (Å²) in [6.45, 7) is 9.96. The largest absolute Gasteiger partial charge is 0.391 e. The first-order chi connectivity index (χ1) is 7.15. The zero-order valence-electron chi connectivity index (χ0n) is 10.3. The monoisotopic (exact) mass is 215 g/mol. The minimum Gasteiger partial charge on any atom is -0.391 e. The first-order valence-corrected chi connectivity index (χ1v) is 6.16. The number of morpholine rings is 1. The van der Waals surface area contributed by atoms with Crippen molar-refractivity contribution in [2.45, 2.75) is 51.7 Å². The average Bonchev–Trinajstić information content (AvgIpc) is 2.29. The lowest BCUT2D eigenvalue weighted by Gasteiger charge is -2.45. The van der Waals surface area contributed by atoms with Crippen molar-refractivity contribution in [2.75, 3.05) is 26.3 Å². The summed E-state index contributed by atoms with van der Waals surface area (Å²) in [6, 6.07) is 0. The van der Waals surface area contributed by atoms with Crippen molar-refractivity contribution >= 4 is 0 Å². The van der Waals surface area contributed by atoms with E-state index >= 15 is 0 Å². The molecule has 0 amide bonds. The van der Waals surface area contributed by atoms with Crippen LogP contribution in [0, 0.1) is 0 Å². The van der Waals surface area contributed by atoms with E-state index in [0.29, 0.717) is 0 Å². The molecule has 0 aliphatic carbocycles. The predicted molar refractivity (Wildman–Crippen MR) is 62.0 cm³/mol. The molecule has 1 aliphatic heterocycles. The molecule has 0 spiro atoms. The van der Waals surface area contributed by atoms with Crippen LogP contribution in [0.5, 0.6) is 0 Å². The SMILES string of the molecule is CCCC(O)C(C)(CC)N1CCOCC1. The molecule has 3 nitrogen and oxygen atoms in total. The van der Waals surface area contributed by atoms with Gasteiger partial charge in [0.2, 0.25) is 0 Å². The van der Waals surface area contributed by atoms with Crippen molar-refractivity contribution in [1.82, 2.24) is 4.90 Å². The van der Waals surface area contributed by atoms with Gasteiger partial charge in [-0.3, -0.25) is 4.90 Å². The number of ether oxygens (including phenoxy) is 1. The molecule has 2 unspecified atom stereocenters. The zero-order chi connectivity index (χ0) is 11.3. The second-order valence-corrected chi connectivity index (χ2v) is 4.61. The molecule has 1 rings (SSSR count). The molecular formula is C12H25NO2. The minimum absolute atomic E-state index is 0.0697. The molecular weight excluding hydrogens is 190 g/mol. The van der Waals surface area contributed by atoms with Gasteiger partial charge in [0.25, 0.3) is 0 Å².